The van der Waals surface area contributed by atoms with Crippen LogP contribution in [0.1, 0.15) is 35.2 Å². The first-order valence-electron chi connectivity index (χ1n) is 7.10. The molecule has 22 heavy (non-hydrogen) atoms. The molecule has 0 aromatic heterocycles. The second-order valence-electron chi connectivity index (χ2n) is 5.17. The second kappa shape index (κ2) is 6.93. The van der Waals surface area contributed by atoms with Crippen molar-refractivity contribution in [2.24, 2.45) is 0 Å². The van der Waals surface area contributed by atoms with E-state index in [0.717, 1.165) is 30.6 Å². The summed E-state index contributed by atoms with van der Waals surface area (Å²) in [6.07, 6.45) is 1.38. The zero-order valence-corrected chi connectivity index (χ0v) is 12.0. The van der Waals surface area contributed by atoms with Gasteiger partial charge in [0, 0.05) is 13.0 Å². The van der Waals surface area contributed by atoms with Gasteiger partial charge >= 0.3 is 11.9 Å². The number of carbonyl (C=O) groups is 3. The van der Waals surface area contributed by atoms with E-state index in [1.165, 1.54) is 0 Å². The first kappa shape index (κ1) is 15.8. The number of carboxylic acids is 2. The molecule has 118 valence electrons. The summed E-state index contributed by atoms with van der Waals surface area (Å²) < 4.78 is 0. The normalized spacial score (nSPS) is 14.4. The number of aryl methyl sites for hydroxylation is 1. The molecule has 1 amide bonds. The van der Waals surface area contributed by atoms with Gasteiger partial charge < -0.3 is 20.8 Å². The molecular weight excluding hydrogens is 288 g/mol. The number of rotatable bonds is 6. The summed E-state index contributed by atoms with van der Waals surface area (Å²) in [5, 5.41) is 23.3. The van der Waals surface area contributed by atoms with Crippen molar-refractivity contribution in [2.75, 3.05) is 11.9 Å². The van der Waals surface area contributed by atoms with Gasteiger partial charge in [-0.25, -0.2) is 4.79 Å². The number of hydrogen-bond donors (Lipinski definition) is 4. The highest BCUT2D eigenvalue weighted by atomic mass is 16.4. The molecule has 1 aromatic carbocycles. The molecule has 1 aliphatic heterocycles. The number of nitrogens with one attached hydrogen (secondary N) is 2. The van der Waals surface area contributed by atoms with Gasteiger partial charge in [0.1, 0.15) is 6.04 Å². The molecule has 1 aliphatic rings. The molecule has 0 spiro atoms. The van der Waals surface area contributed by atoms with Gasteiger partial charge in [0.25, 0.3) is 5.91 Å². The molecule has 0 aliphatic carbocycles. The monoisotopic (exact) mass is 306 g/mol. The van der Waals surface area contributed by atoms with Gasteiger partial charge in [0.05, 0.1) is 11.3 Å². The van der Waals surface area contributed by atoms with E-state index in [9.17, 15) is 14.4 Å². The molecule has 0 fully saturated rings. The molecule has 4 N–H and O–H groups in total. The van der Waals surface area contributed by atoms with Crippen LogP contribution in [0.2, 0.25) is 0 Å². The zero-order valence-electron chi connectivity index (χ0n) is 12.0. The van der Waals surface area contributed by atoms with E-state index < -0.39 is 23.9 Å². The molecule has 7 nitrogen and oxygen atoms in total. The van der Waals surface area contributed by atoms with E-state index in [2.05, 4.69) is 10.6 Å². The van der Waals surface area contributed by atoms with Crippen LogP contribution in [-0.2, 0) is 16.0 Å². The summed E-state index contributed by atoms with van der Waals surface area (Å²) in [5.41, 5.74) is 2.14. The Balaban J connectivity index is 2.13. The first-order valence-corrected chi connectivity index (χ1v) is 7.10. The minimum atomic E-state index is -1.24. The van der Waals surface area contributed by atoms with Crippen molar-refractivity contribution in [3.8, 4) is 0 Å². The average Bonchev–Trinajstić information content (AvgIpc) is 2.50. The number of para-hydroxylation sites is 1. The highest BCUT2D eigenvalue weighted by Gasteiger charge is 2.24. The van der Waals surface area contributed by atoms with Crippen molar-refractivity contribution in [1.29, 1.82) is 0 Å². The van der Waals surface area contributed by atoms with Crippen molar-refractivity contribution < 1.29 is 24.6 Å². The lowest BCUT2D eigenvalue weighted by atomic mass is 9.98. The number of fused-ring (bicyclic) bond motifs is 1. The van der Waals surface area contributed by atoms with Crippen molar-refractivity contribution in [1.82, 2.24) is 5.32 Å². The summed E-state index contributed by atoms with van der Waals surface area (Å²) in [6, 6.07) is 4.09. The van der Waals surface area contributed by atoms with Crippen LogP contribution in [0.3, 0.4) is 0 Å². The summed E-state index contributed by atoms with van der Waals surface area (Å²) in [5.74, 6) is -2.85. The van der Waals surface area contributed by atoms with Gasteiger partial charge in [-0.1, -0.05) is 12.1 Å². The number of carbonyl (C=O) groups excluding carboxylic acids is 1. The SMILES string of the molecule is O=C(O)CC[C@H](NC(=O)c1cccc2c1NCCC2)C(=O)O. The van der Waals surface area contributed by atoms with Crippen LogP contribution < -0.4 is 10.6 Å². The molecule has 0 bridgehead atoms. The lowest BCUT2D eigenvalue weighted by Gasteiger charge is -2.21. The Morgan fingerprint density at radius 2 is 2.05 bits per heavy atom. The number of amides is 1. The van der Waals surface area contributed by atoms with E-state index in [-0.39, 0.29) is 12.8 Å². The van der Waals surface area contributed by atoms with Crippen LogP contribution >= 0.6 is 0 Å². The fraction of sp³-hybridized carbons (Fsp3) is 0.400. The quantitative estimate of drug-likeness (QED) is 0.625. The molecular formula is C15H18N2O5. The molecule has 0 unspecified atom stereocenters. The van der Waals surface area contributed by atoms with Crippen LogP contribution in [0, 0.1) is 0 Å². The van der Waals surface area contributed by atoms with Gasteiger partial charge in [0.15, 0.2) is 0 Å². The van der Waals surface area contributed by atoms with Crippen LogP contribution in [0.4, 0.5) is 5.69 Å². The van der Waals surface area contributed by atoms with Crippen LogP contribution in [0.15, 0.2) is 18.2 Å². The van der Waals surface area contributed by atoms with Gasteiger partial charge in [0.2, 0.25) is 0 Å². The third kappa shape index (κ3) is 3.75. The van der Waals surface area contributed by atoms with Gasteiger partial charge in [-0.15, -0.1) is 0 Å². The Bertz CT molecular complexity index is 600. The number of carboxylic acid groups (broad SMARTS) is 2. The van der Waals surface area contributed by atoms with E-state index in [0.29, 0.717) is 5.56 Å². The van der Waals surface area contributed by atoms with Crippen molar-refractivity contribution in [3.05, 3.63) is 29.3 Å². The van der Waals surface area contributed by atoms with Crippen LogP contribution in [0.5, 0.6) is 0 Å². The Kier molecular flexibility index (Phi) is 4.98. The Morgan fingerprint density at radius 3 is 2.73 bits per heavy atom. The number of benzene rings is 1. The van der Waals surface area contributed by atoms with E-state index in [1.54, 1.807) is 12.1 Å². The standard InChI is InChI=1S/C15H18N2O5/c18-12(19)7-6-11(15(21)22)17-14(20)10-5-1-3-9-4-2-8-16-13(9)10/h1,3,5,11,16H,2,4,6-8H2,(H,17,20)(H,18,19)(H,21,22)/t11-/m0/s1. The maximum absolute atomic E-state index is 12.3. The van der Waals surface area contributed by atoms with E-state index >= 15 is 0 Å². The van der Waals surface area contributed by atoms with Crippen molar-refractivity contribution >= 4 is 23.5 Å². The van der Waals surface area contributed by atoms with Gasteiger partial charge in [-0.3, -0.25) is 9.59 Å². The molecule has 2 rings (SSSR count). The average molecular weight is 306 g/mol. The molecule has 1 aromatic rings. The van der Waals surface area contributed by atoms with Gasteiger partial charge in [-0.05, 0) is 30.9 Å². The predicted molar refractivity (Wildman–Crippen MR) is 79.0 cm³/mol. The lowest BCUT2D eigenvalue weighted by molar-refractivity contribution is -0.140. The third-order valence-electron chi connectivity index (χ3n) is 3.57. The number of hydrogen-bond acceptors (Lipinski definition) is 4. The summed E-state index contributed by atoms with van der Waals surface area (Å²) >= 11 is 0. The summed E-state index contributed by atoms with van der Waals surface area (Å²) in [6.45, 7) is 0.763. The predicted octanol–water partition coefficient (Wildman–Crippen LogP) is 1.09. The third-order valence-corrected chi connectivity index (χ3v) is 3.57. The highest BCUT2D eigenvalue weighted by molar-refractivity contribution is 6.02. The summed E-state index contributed by atoms with van der Waals surface area (Å²) in [7, 11) is 0. The largest absolute Gasteiger partial charge is 0.481 e. The fourth-order valence-corrected chi connectivity index (χ4v) is 2.46. The lowest BCUT2D eigenvalue weighted by Crippen LogP contribution is -2.41. The van der Waals surface area contributed by atoms with E-state index in [4.69, 9.17) is 10.2 Å². The minimum absolute atomic E-state index is 0.154. The maximum atomic E-state index is 12.3. The van der Waals surface area contributed by atoms with E-state index in [1.807, 2.05) is 6.07 Å². The van der Waals surface area contributed by atoms with Crippen molar-refractivity contribution in [2.45, 2.75) is 31.7 Å². The second-order valence-corrected chi connectivity index (χ2v) is 5.17. The van der Waals surface area contributed by atoms with Crippen LogP contribution in [0.25, 0.3) is 0 Å². The molecule has 1 heterocycles. The molecule has 1 atom stereocenters. The van der Waals surface area contributed by atoms with Gasteiger partial charge in [-0.2, -0.15) is 0 Å². The van der Waals surface area contributed by atoms with Crippen molar-refractivity contribution in [3.63, 3.8) is 0 Å². The number of aliphatic carboxylic acids is 2. The molecule has 0 saturated carbocycles. The smallest absolute Gasteiger partial charge is 0.326 e. The Labute approximate surface area is 127 Å². The molecule has 0 radical (unpaired) electrons. The molecule has 0 saturated heterocycles. The fourth-order valence-electron chi connectivity index (χ4n) is 2.46. The number of anilines is 1. The zero-order chi connectivity index (χ0) is 16.1. The summed E-state index contributed by atoms with van der Waals surface area (Å²) in [4.78, 5) is 34.0. The Hall–Kier alpha value is -2.57. The van der Waals surface area contributed by atoms with Crippen LogP contribution in [-0.4, -0.2) is 40.6 Å². The maximum Gasteiger partial charge on any atom is 0.326 e. The Morgan fingerprint density at radius 1 is 1.27 bits per heavy atom. The highest BCUT2D eigenvalue weighted by Crippen LogP contribution is 2.26. The molecule has 7 heteroatoms. The topological polar surface area (TPSA) is 116 Å². The first-order chi connectivity index (χ1) is 10.5. The minimum Gasteiger partial charge on any atom is -0.481 e.